The fourth-order valence-electron chi connectivity index (χ4n) is 3.35. The van der Waals surface area contributed by atoms with Crippen LogP contribution in [0.3, 0.4) is 0 Å². The lowest BCUT2D eigenvalue weighted by Gasteiger charge is -2.16. The molecule has 3 aromatic rings. The van der Waals surface area contributed by atoms with E-state index in [1.165, 1.54) is 48.5 Å². The summed E-state index contributed by atoms with van der Waals surface area (Å²) in [5, 5.41) is 4.83. The van der Waals surface area contributed by atoms with Crippen molar-refractivity contribution >= 4 is 58.0 Å². The van der Waals surface area contributed by atoms with Crippen LogP contribution in [0.5, 0.6) is 0 Å². The average Bonchev–Trinajstić information content (AvgIpc) is 3.02. The number of halogens is 5. The van der Waals surface area contributed by atoms with E-state index in [4.69, 9.17) is 23.2 Å². The van der Waals surface area contributed by atoms with Crippen molar-refractivity contribution in [2.24, 2.45) is 0 Å². The standard InChI is InChI=1S/C24H14Cl2F3N3O3/c25-16-6-2-4-8-18(16)32-22(34)19(26)20(23(32)35)30-14-11-9-13(10-12-14)21(33)31-17-7-3-1-5-15(17)24(27,28)29/h1-12,30H,(H,31,33). The number of benzene rings is 3. The SMILES string of the molecule is O=C(Nc1ccccc1C(F)(F)F)c1ccc(NC2=C(Cl)C(=O)N(c3ccccc3Cl)C2=O)cc1. The van der Waals surface area contributed by atoms with Crippen LogP contribution in [-0.4, -0.2) is 17.7 Å². The van der Waals surface area contributed by atoms with Crippen molar-refractivity contribution in [3.8, 4) is 0 Å². The summed E-state index contributed by atoms with van der Waals surface area (Å²) in [6.45, 7) is 0. The molecule has 35 heavy (non-hydrogen) atoms. The fraction of sp³-hybridized carbons (Fsp3) is 0.0417. The normalized spacial score (nSPS) is 13.9. The Bertz CT molecular complexity index is 1370. The van der Waals surface area contributed by atoms with Crippen molar-refractivity contribution in [3.05, 3.63) is 99.7 Å². The van der Waals surface area contributed by atoms with Crippen molar-refractivity contribution in [1.29, 1.82) is 0 Å². The zero-order chi connectivity index (χ0) is 25.3. The third kappa shape index (κ3) is 4.87. The highest BCUT2D eigenvalue weighted by molar-refractivity contribution is 6.53. The molecule has 0 unspecified atom stereocenters. The van der Waals surface area contributed by atoms with Crippen LogP contribution >= 0.6 is 23.2 Å². The van der Waals surface area contributed by atoms with Gasteiger partial charge in [0.2, 0.25) is 0 Å². The van der Waals surface area contributed by atoms with E-state index in [0.717, 1.165) is 17.0 Å². The monoisotopic (exact) mass is 519 g/mol. The Kier molecular flexibility index (Phi) is 6.56. The number of hydrogen-bond donors (Lipinski definition) is 2. The van der Waals surface area contributed by atoms with Gasteiger partial charge in [-0.2, -0.15) is 13.2 Å². The summed E-state index contributed by atoms with van der Waals surface area (Å²) in [6.07, 6.45) is -4.63. The van der Waals surface area contributed by atoms with Crippen LogP contribution < -0.4 is 15.5 Å². The van der Waals surface area contributed by atoms with Crippen molar-refractivity contribution in [2.75, 3.05) is 15.5 Å². The molecule has 0 spiro atoms. The van der Waals surface area contributed by atoms with Gasteiger partial charge < -0.3 is 10.6 Å². The molecule has 0 bridgehead atoms. The molecule has 2 N–H and O–H groups in total. The first-order chi connectivity index (χ1) is 16.6. The highest BCUT2D eigenvalue weighted by Crippen LogP contribution is 2.35. The van der Waals surface area contributed by atoms with E-state index in [1.807, 2.05) is 0 Å². The van der Waals surface area contributed by atoms with Crippen molar-refractivity contribution in [2.45, 2.75) is 6.18 Å². The minimum Gasteiger partial charge on any atom is -0.350 e. The fourth-order valence-corrected chi connectivity index (χ4v) is 3.78. The Morgan fingerprint density at radius 2 is 1.46 bits per heavy atom. The van der Waals surface area contributed by atoms with Gasteiger partial charge in [-0.1, -0.05) is 47.5 Å². The predicted octanol–water partition coefficient (Wildman–Crippen LogP) is 6.05. The topological polar surface area (TPSA) is 78.5 Å². The number of alkyl halides is 3. The van der Waals surface area contributed by atoms with Gasteiger partial charge in [0.25, 0.3) is 17.7 Å². The van der Waals surface area contributed by atoms with E-state index in [0.29, 0.717) is 5.69 Å². The molecule has 0 saturated heterocycles. The maximum absolute atomic E-state index is 13.2. The third-order valence-electron chi connectivity index (χ3n) is 5.02. The van der Waals surface area contributed by atoms with E-state index in [1.54, 1.807) is 12.1 Å². The van der Waals surface area contributed by atoms with Crippen LogP contribution in [0.4, 0.5) is 30.2 Å². The number of carbonyl (C=O) groups is 3. The Balaban J connectivity index is 1.50. The van der Waals surface area contributed by atoms with Crippen LogP contribution in [0, 0.1) is 0 Å². The van der Waals surface area contributed by atoms with Crippen LogP contribution in [0.1, 0.15) is 15.9 Å². The minimum absolute atomic E-state index is 0.0686. The van der Waals surface area contributed by atoms with E-state index in [2.05, 4.69) is 10.6 Å². The summed E-state index contributed by atoms with van der Waals surface area (Å²) in [6, 6.07) is 16.4. The number of carbonyl (C=O) groups excluding carboxylic acids is 3. The zero-order valence-corrected chi connectivity index (χ0v) is 19.0. The van der Waals surface area contributed by atoms with Gasteiger partial charge in [-0.05, 0) is 48.5 Å². The number of nitrogens with zero attached hydrogens (tertiary/aromatic N) is 1. The minimum atomic E-state index is -4.63. The molecule has 0 aliphatic carbocycles. The average molecular weight is 520 g/mol. The molecule has 0 fully saturated rings. The number of hydrogen-bond acceptors (Lipinski definition) is 4. The first-order valence-electron chi connectivity index (χ1n) is 9.95. The van der Waals surface area contributed by atoms with E-state index in [9.17, 15) is 27.6 Å². The number of nitrogens with one attached hydrogen (secondary N) is 2. The smallest absolute Gasteiger partial charge is 0.350 e. The van der Waals surface area contributed by atoms with Gasteiger partial charge >= 0.3 is 6.18 Å². The second-order valence-corrected chi connectivity index (χ2v) is 8.07. The van der Waals surface area contributed by atoms with Crippen LogP contribution in [0.15, 0.2) is 83.5 Å². The summed E-state index contributed by atoms with van der Waals surface area (Å²) in [5.74, 6) is -2.24. The van der Waals surface area contributed by atoms with Crippen LogP contribution in [-0.2, 0) is 15.8 Å². The molecule has 178 valence electrons. The maximum Gasteiger partial charge on any atom is 0.418 e. The van der Waals surface area contributed by atoms with Gasteiger partial charge in [0.1, 0.15) is 10.7 Å². The summed E-state index contributed by atoms with van der Waals surface area (Å²) >= 11 is 12.2. The van der Waals surface area contributed by atoms with Gasteiger partial charge in [-0.25, -0.2) is 4.90 Å². The molecular weight excluding hydrogens is 506 g/mol. The molecule has 3 amide bonds. The summed E-state index contributed by atoms with van der Waals surface area (Å²) in [4.78, 5) is 38.7. The van der Waals surface area contributed by atoms with Crippen LogP contribution in [0.25, 0.3) is 0 Å². The predicted molar refractivity (Wildman–Crippen MR) is 126 cm³/mol. The first kappa shape index (κ1) is 24.3. The van der Waals surface area contributed by atoms with Crippen molar-refractivity contribution in [3.63, 3.8) is 0 Å². The number of anilines is 3. The van der Waals surface area contributed by atoms with Gasteiger partial charge in [-0.15, -0.1) is 0 Å². The highest BCUT2D eigenvalue weighted by atomic mass is 35.5. The molecule has 3 aromatic carbocycles. The Labute approximate surface area is 206 Å². The molecule has 1 aliphatic heterocycles. The number of imide groups is 1. The second kappa shape index (κ2) is 9.44. The summed E-state index contributed by atoms with van der Waals surface area (Å²) in [7, 11) is 0. The summed E-state index contributed by atoms with van der Waals surface area (Å²) in [5.41, 5.74) is -0.982. The lowest BCUT2D eigenvalue weighted by molar-refractivity contribution is -0.137. The lowest BCUT2D eigenvalue weighted by Crippen LogP contribution is -2.32. The Morgan fingerprint density at radius 1 is 0.829 bits per heavy atom. The molecule has 6 nitrogen and oxygen atoms in total. The lowest BCUT2D eigenvalue weighted by atomic mass is 10.1. The van der Waals surface area contributed by atoms with E-state index >= 15 is 0 Å². The molecule has 1 heterocycles. The Hall–Kier alpha value is -3.82. The number of amides is 3. The summed E-state index contributed by atoms with van der Waals surface area (Å²) < 4.78 is 39.5. The number of para-hydroxylation sites is 2. The van der Waals surface area contributed by atoms with Gasteiger partial charge in [0, 0.05) is 11.3 Å². The maximum atomic E-state index is 13.2. The van der Waals surface area contributed by atoms with Crippen molar-refractivity contribution < 1.29 is 27.6 Å². The van der Waals surface area contributed by atoms with Crippen LogP contribution in [0.2, 0.25) is 5.02 Å². The molecule has 0 saturated carbocycles. The Morgan fingerprint density at radius 3 is 2.11 bits per heavy atom. The van der Waals surface area contributed by atoms with Gasteiger partial charge in [0.05, 0.1) is 22.0 Å². The molecule has 0 atom stereocenters. The molecule has 4 rings (SSSR count). The largest absolute Gasteiger partial charge is 0.418 e. The molecular formula is C24H14Cl2F3N3O3. The van der Waals surface area contributed by atoms with Crippen molar-refractivity contribution in [1.82, 2.24) is 0 Å². The molecule has 0 radical (unpaired) electrons. The zero-order valence-electron chi connectivity index (χ0n) is 17.5. The second-order valence-electron chi connectivity index (χ2n) is 7.29. The quantitative estimate of drug-likeness (QED) is 0.402. The third-order valence-corrected chi connectivity index (χ3v) is 5.69. The first-order valence-corrected chi connectivity index (χ1v) is 10.7. The van der Waals surface area contributed by atoms with E-state index in [-0.39, 0.29) is 32.7 Å². The molecule has 0 aromatic heterocycles. The van der Waals surface area contributed by atoms with Gasteiger partial charge in [-0.3, -0.25) is 14.4 Å². The number of rotatable bonds is 5. The highest BCUT2D eigenvalue weighted by Gasteiger charge is 2.39. The van der Waals surface area contributed by atoms with Gasteiger partial charge in [0.15, 0.2) is 0 Å². The van der Waals surface area contributed by atoms with E-state index < -0.39 is 29.5 Å². The molecule has 11 heteroatoms. The molecule has 1 aliphatic rings.